The lowest BCUT2D eigenvalue weighted by Crippen LogP contribution is -1.94. The van der Waals surface area contributed by atoms with Crippen LogP contribution >= 0.6 is 11.6 Å². The zero-order valence-corrected chi connectivity index (χ0v) is 11.3. The molecular formula is C14H10ClNO4. The van der Waals surface area contributed by atoms with Crippen LogP contribution in [0.4, 0.5) is 5.69 Å². The molecule has 2 rings (SSSR count). The molecule has 20 heavy (non-hydrogen) atoms. The Morgan fingerprint density at radius 2 is 1.90 bits per heavy atom. The third-order valence-corrected chi connectivity index (χ3v) is 2.93. The van der Waals surface area contributed by atoms with Gasteiger partial charge in [0.25, 0.3) is 5.69 Å². The topological polar surface area (TPSA) is 69.4 Å². The Bertz CT molecular complexity index is 685. The quantitative estimate of drug-likeness (QED) is 0.482. The second-order valence-corrected chi connectivity index (χ2v) is 4.54. The number of hydrogen-bond donors (Lipinski definition) is 0. The van der Waals surface area contributed by atoms with E-state index in [1.807, 2.05) is 13.0 Å². The van der Waals surface area contributed by atoms with Gasteiger partial charge < -0.3 is 4.74 Å². The molecule has 0 bridgehead atoms. The summed E-state index contributed by atoms with van der Waals surface area (Å²) in [4.78, 5) is 21.1. The molecule has 0 aromatic heterocycles. The van der Waals surface area contributed by atoms with E-state index in [0.29, 0.717) is 17.1 Å². The van der Waals surface area contributed by atoms with Crippen molar-refractivity contribution in [1.29, 1.82) is 0 Å². The van der Waals surface area contributed by atoms with E-state index in [9.17, 15) is 14.9 Å². The molecular weight excluding hydrogens is 282 g/mol. The van der Waals surface area contributed by atoms with Crippen LogP contribution in [0.3, 0.4) is 0 Å². The zero-order chi connectivity index (χ0) is 14.7. The van der Waals surface area contributed by atoms with Gasteiger partial charge in [-0.1, -0.05) is 17.7 Å². The van der Waals surface area contributed by atoms with Crippen molar-refractivity contribution in [3.05, 3.63) is 62.7 Å². The first-order valence-corrected chi connectivity index (χ1v) is 6.06. The van der Waals surface area contributed by atoms with Gasteiger partial charge in [-0.2, -0.15) is 0 Å². The van der Waals surface area contributed by atoms with Gasteiger partial charge >= 0.3 is 0 Å². The van der Waals surface area contributed by atoms with E-state index >= 15 is 0 Å². The monoisotopic (exact) mass is 291 g/mol. The van der Waals surface area contributed by atoms with Crippen LogP contribution in [0.5, 0.6) is 11.5 Å². The highest BCUT2D eigenvalue weighted by Gasteiger charge is 2.13. The van der Waals surface area contributed by atoms with Crippen LogP contribution in [0.25, 0.3) is 0 Å². The Labute approximate surface area is 119 Å². The third-order valence-electron chi connectivity index (χ3n) is 2.64. The van der Waals surface area contributed by atoms with Gasteiger partial charge in [-0.25, -0.2) is 0 Å². The number of nitrogens with zero attached hydrogens (tertiary/aromatic N) is 1. The van der Waals surface area contributed by atoms with Crippen LogP contribution in [0, 0.1) is 17.0 Å². The van der Waals surface area contributed by atoms with Gasteiger partial charge in [0.1, 0.15) is 11.5 Å². The van der Waals surface area contributed by atoms with Gasteiger partial charge in [0.15, 0.2) is 6.29 Å². The highest BCUT2D eigenvalue weighted by atomic mass is 35.5. The lowest BCUT2D eigenvalue weighted by molar-refractivity contribution is -0.384. The molecule has 0 aliphatic rings. The number of benzene rings is 2. The van der Waals surface area contributed by atoms with Crippen LogP contribution < -0.4 is 4.74 Å². The fourth-order valence-corrected chi connectivity index (χ4v) is 1.92. The van der Waals surface area contributed by atoms with Gasteiger partial charge in [-0.05, 0) is 30.7 Å². The minimum atomic E-state index is -0.574. The lowest BCUT2D eigenvalue weighted by Gasteiger charge is -2.09. The molecule has 2 aromatic carbocycles. The number of halogens is 1. The fourth-order valence-electron chi connectivity index (χ4n) is 1.64. The number of non-ortho nitro benzene ring substituents is 1. The number of aldehydes is 1. The Balaban J connectivity index is 2.38. The van der Waals surface area contributed by atoms with E-state index in [2.05, 4.69) is 0 Å². The molecule has 6 heteroatoms. The summed E-state index contributed by atoms with van der Waals surface area (Å²) in [5.74, 6) is 0.602. The van der Waals surface area contributed by atoms with Crippen LogP contribution in [0.1, 0.15) is 15.9 Å². The van der Waals surface area contributed by atoms with E-state index < -0.39 is 4.92 Å². The predicted octanol–water partition coefficient (Wildman–Crippen LogP) is 4.16. The summed E-state index contributed by atoms with van der Waals surface area (Å²) in [5.41, 5.74) is 0.895. The molecule has 0 unspecified atom stereocenters. The van der Waals surface area contributed by atoms with Crippen molar-refractivity contribution < 1.29 is 14.5 Å². The van der Waals surface area contributed by atoms with E-state index in [4.69, 9.17) is 16.3 Å². The van der Waals surface area contributed by atoms with Crippen LogP contribution in [-0.2, 0) is 0 Å². The summed E-state index contributed by atoms with van der Waals surface area (Å²) in [6.45, 7) is 1.89. The molecule has 0 N–H and O–H groups in total. The largest absolute Gasteiger partial charge is 0.455 e. The highest BCUT2D eigenvalue weighted by molar-refractivity contribution is 6.32. The lowest BCUT2D eigenvalue weighted by atomic mass is 10.2. The average Bonchev–Trinajstić information content (AvgIpc) is 2.42. The summed E-state index contributed by atoms with van der Waals surface area (Å²) in [6.07, 6.45) is 0.504. The number of carbonyl (C=O) groups is 1. The molecule has 0 aliphatic heterocycles. The number of nitro benzene ring substituents is 1. The van der Waals surface area contributed by atoms with Gasteiger partial charge in [0.2, 0.25) is 0 Å². The van der Waals surface area contributed by atoms with Crippen molar-refractivity contribution in [2.75, 3.05) is 0 Å². The summed E-state index contributed by atoms with van der Waals surface area (Å²) in [5, 5.41) is 11.1. The van der Waals surface area contributed by atoms with Gasteiger partial charge in [0, 0.05) is 12.1 Å². The van der Waals surface area contributed by atoms with Crippen molar-refractivity contribution >= 4 is 23.6 Å². The zero-order valence-electron chi connectivity index (χ0n) is 10.5. The maximum atomic E-state index is 11.0. The van der Waals surface area contributed by atoms with Crippen molar-refractivity contribution in [1.82, 2.24) is 0 Å². The smallest absolute Gasteiger partial charge is 0.270 e. The first-order chi connectivity index (χ1) is 9.51. The van der Waals surface area contributed by atoms with Gasteiger partial charge in [-0.15, -0.1) is 0 Å². The van der Waals surface area contributed by atoms with Crippen LogP contribution in [0.15, 0.2) is 36.4 Å². The molecule has 0 saturated heterocycles. The molecule has 0 radical (unpaired) electrons. The third kappa shape index (κ3) is 2.95. The molecule has 0 atom stereocenters. The number of aryl methyl sites for hydroxylation is 1. The Kier molecular flexibility index (Phi) is 4.00. The van der Waals surface area contributed by atoms with E-state index in [1.54, 1.807) is 12.1 Å². The minimum absolute atomic E-state index is 0.0934. The van der Waals surface area contributed by atoms with Crippen molar-refractivity contribution in [2.45, 2.75) is 6.92 Å². The molecule has 5 nitrogen and oxygen atoms in total. The van der Waals surface area contributed by atoms with Crippen LogP contribution in [0.2, 0.25) is 5.02 Å². The Morgan fingerprint density at radius 3 is 2.50 bits per heavy atom. The van der Waals surface area contributed by atoms with Crippen LogP contribution in [-0.4, -0.2) is 11.2 Å². The minimum Gasteiger partial charge on any atom is -0.455 e. The van der Waals surface area contributed by atoms with Gasteiger partial charge in [0.05, 0.1) is 15.5 Å². The van der Waals surface area contributed by atoms with E-state index in [0.717, 1.165) is 11.6 Å². The average molecular weight is 292 g/mol. The second-order valence-electron chi connectivity index (χ2n) is 4.13. The summed E-state index contributed by atoms with van der Waals surface area (Å²) in [6, 6.07) is 9.01. The summed E-state index contributed by atoms with van der Waals surface area (Å²) >= 11 is 6.04. The predicted molar refractivity (Wildman–Crippen MR) is 74.7 cm³/mol. The highest BCUT2D eigenvalue weighted by Crippen LogP contribution is 2.32. The summed E-state index contributed by atoms with van der Waals surface area (Å²) in [7, 11) is 0. The van der Waals surface area contributed by atoms with E-state index in [-0.39, 0.29) is 17.0 Å². The maximum Gasteiger partial charge on any atom is 0.270 e. The first-order valence-electron chi connectivity index (χ1n) is 5.69. The number of nitro groups is 1. The molecule has 0 fully saturated rings. The summed E-state index contributed by atoms with van der Waals surface area (Å²) < 4.78 is 5.54. The SMILES string of the molecule is Cc1ccc(Oc2ccc([N+](=O)[O-])cc2C=O)c(Cl)c1. The van der Waals surface area contributed by atoms with Gasteiger partial charge in [-0.3, -0.25) is 14.9 Å². The van der Waals surface area contributed by atoms with Crippen molar-refractivity contribution in [2.24, 2.45) is 0 Å². The van der Waals surface area contributed by atoms with Crippen molar-refractivity contribution in [3.8, 4) is 11.5 Å². The standard InChI is InChI=1S/C14H10ClNO4/c1-9-2-4-14(12(15)6-9)20-13-5-3-11(16(18)19)7-10(13)8-17/h2-8H,1H3. The van der Waals surface area contributed by atoms with Crippen molar-refractivity contribution in [3.63, 3.8) is 0 Å². The number of ether oxygens (including phenoxy) is 1. The molecule has 2 aromatic rings. The normalized spacial score (nSPS) is 10.1. The fraction of sp³-hybridized carbons (Fsp3) is 0.0714. The molecule has 0 aliphatic carbocycles. The second kappa shape index (κ2) is 5.71. The Hall–Kier alpha value is -2.40. The van der Waals surface area contributed by atoms with E-state index in [1.165, 1.54) is 12.1 Å². The molecule has 0 saturated carbocycles. The maximum absolute atomic E-state index is 11.0. The Morgan fingerprint density at radius 1 is 1.20 bits per heavy atom. The molecule has 102 valence electrons. The number of carbonyl (C=O) groups excluding carboxylic acids is 1. The number of hydrogen-bond acceptors (Lipinski definition) is 4. The molecule has 0 heterocycles. The molecule has 0 spiro atoms. The first kappa shape index (κ1) is 14.0. The molecule has 0 amide bonds. The number of rotatable bonds is 4.